The predicted octanol–water partition coefficient (Wildman–Crippen LogP) is 4.00. The lowest BCUT2D eigenvalue weighted by Crippen LogP contribution is -2.34. The summed E-state index contributed by atoms with van der Waals surface area (Å²) in [6.07, 6.45) is 1.73. The molecule has 2 N–H and O–H groups in total. The van der Waals surface area contributed by atoms with Crippen LogP contribution in [0.2, 0.25) is 0 Å². The van der Waals surface area contributed by atoms with Crippen LogP contribution >= 0.6 is 11.3 Å². The Balaban J connectivity index is 1.54. The quantitative estimate of drug-likeness (QED) is 0.520. The topological polar surface area (TPSA) is 66.4 Å². The van der Waals surface area contributed by atoms with Gasteiger partial charge in [0.25, 0.3) is 5.91 Å². The van der Waals surface area contributed by atoms with Crippen molar-refractivity contribution in [3.8, 4) is 0 Å². The fourth-order valence-corrected chi connectivity index (χ4v) is 3.29. The highest BCUT2D eigenvalue weighted by Gasteiger charge is 2.14. The van der Waals surface area contributed by atoms with E-state index < -0.39 is 6.04 Å². The molecule has 3 rings (SSSR count). The van der Waals surface area contributed by atoms with Gasteiger partial charge in [-0.25, -0.2) is 10.4 Å². The van der Waals surface area contributed by atoms with E-state index in [0.717, 1.165) is 20.9 Å². The third kappa shape index (κ3) is 4.42. The molecule has 1 amide bonds. The van der Waals surface area contributed by atoms with Crippen molar-refractivity contribution in [1.29, 1.82) is 0 Å². The van der Waals surface area contributed by atoms with Gasteiger partial charge in [0.05, 0.1) is 10.2 Å². The van der Waals surface area contributed by atoms with Gasteiger partial charge in [0.1, 0.15) is 6.04 Å². The van der Waals surface area contributed by atoms with Crippen molar-refractivity contribution < 1.29 is 4.79 Å². The average Bonchev–Trinajstić information content (AvgIpc) is 3.04. The third-order valence-electron chi connectivity index (χ3n) is 3.83. The number of amides is 1. The van der Waals surface area contributed by atoms with Crippen molar-refractivity contribution in [2.75, 3.05) is 5.32 Å². The lowest BCUT2D eigenvalue weighted by Gasteiger charge is -2.11. The van der Waals surface area contributed by atoms with E-state index in [1.54, 1.807) is 13.1 Å². The van der Waals surface area contributed by atoms with E-state index >= 15 is 0 Å². The zero-order valence-corrected chi connectivity index (χ0v) is 15.0. The fourth-order valence-electron chi connectivity index (χ4n) is 2.34. The van der Waals surface area contributed by atoms with Crippen molar-refractivity contribution in [2.24, 2.45) is 5.10 Å². The van der Waals surface area contributed by atoms with Crippen molar-refractivity contribution in [1.82, 2.24) is 10.4 Å². The van der Waals surface area contributed by atoms with E-state index in [9.17, 15) is 4.79 Å². The molecular weight excluding hydrogens is 332 g/mol. The Morgan fingerprint density at radius 1 is 1.12 bits per heavy atom. The molecule has 25 heavy (non-hydrogen) atoms. The van der Waals surface area contributed by atoms with Crippen LogP contribution in [0, 0.1) is 0 Å². The van der Waals surface area contributed by atoms with E-state index in [4.69, 9.17) is 0 Å². The number of benzene rings is 2. The summed E-state index contributed by atoms with van der Waals surface area (Å²) in [4.78, 5) is 16.6. The smallest absolute Gasteiger partial charge is 0.262 e. The normalized spacial score (nSPS) is 13.7. The summed E-state index contributed by atoms with van der Waals surface area (Å²) in [6.45, 7) is 3.82. The third-order valence-corrected chi connectivity index (χ3v) is 4.79. The van der Waals surface area contributed by atoms with Crippen LogP contribution in [0.5, 0.6) is 0 Å². The van der Waals surface area contributed by atoms with Gasteiger partial charge in [-0.3, -0.25) is 4.79 Å². The first-order valence-corrected chi connectivity index (χ1v) is 8.95. The van der Waals surface area contributed by atoms with E-state index in [-0.39, 0.29) is 11.8 Å². The van der Waals surface area contributed by atoms with Crippen LogP contribution < -0.4 is 10.7 Å². The number of aromatic nitrogens is 1. The molecule has 0 aliphatic rings. The SMILES string of the molecule is C[C@H](/C=N\NC(=O)[C@@H](C)Nc1nc2ccccc2s1)c1ccccc1. The van der Waals surface area contributed by atoms with Gasteiger partial charge in [0.15, 0.2) is 5.13 Å². The van der Waals surface area contributed by atoms with Crippen molar-refractivity contribution >= 4 is 38.8 Å². The number of anilines is 1. The number of rotatable bonds is 6. The first-order valence-electron chi connectivity index (χ1n) is 8.13. The molecule has 128 valence electrons. The molecule has 0 unspecified atom stereocenters. The highest BCUT2D eigenvalue weighted by Crippen LogP contribution is 2.25. The zero-order valence-electron chi connectivity index (χ0n) is 14.1. The number of hydrogen-bond donors (Lipinski definition) is 2. The Morgan fingerprint density at radius 2 is 1.84 bits per heavy atom. The van der Waals surface area contributed by atoms with Gasteiger partial charge in [0, 0.05) is 12.1 Å². The Kier molecular flexibility index (Phi) is 5.40. The van der Waals surface area contributed by atoms with Crippen molar-refractivity contribution in [2.45, 2.75) is 25.8 Å². The molecule has 3 aromatic rings. The van der Waals surface area contributed by atoms with Gasteiger partial charge < -0.3 is 5.32 Å². The first-order chi connectivity index (χ1) is 12.1. The average molecular weight is 352 g/mol. The fraction of sp³-hybridized carbons (Fsp3) is 0.211. The van der Waals surface area contributed by atoms with Gasteiger partial charge in [-0.1, -0.05) is 60.7 Å². The molecule has 1 aromatic heterocycles. The lowest BCUT2D eigenvalue weighted by molar-refractivity contribution is -0.121. The predicted molar refractivity (Wildman–Crippen MR) is 104 cm³/mol. The van der Waals surface area contributed by atoms with Gasteiger partial charge in [0.2, 0.25) is 0 Å². The molecule has 0 radical (unpaired) electrons. The second kappa shape index (κ2) is 7.90. The van der Waals surface area contributed by atoms with Gasteiger partial charge >= 0.3 is 0 Å². The largest absolute Gasteiger partial charge is 0.350 e. The number of carbonyl (C=O) groups is 1. The van der Waals surface area contributed by atoms with E-state index in [1.807, 2.05) is 61.5 Å². The van der Waals surface area contributed by atoms with Gasteiger partial charge in [-0.2, -0.15) is 5.10 Å². The summed E-state index contributed by atoms with van der Waals surface area (Å²) in [5.41, 5.74) is 4.66. The molecule has 0 fully saturated rings. The van der Waals surface area contributed by atoms with E-state index in [2.05, 4.69) is 20.8 Å². The van der Waals surface area contributed by atoms with E-state index in [1.165, 1.54) is 11.3 Å². The van der Waals surface area contributed by atoms with Crippen LogP contribution in [0.1, 0.15) is 25.3 Å². The molecule has 5 nitrogen and oxygen atoms in total. The molecule has 2 atom stereocenters. The van der Waals surface area contributed by atoms with Crippen LogP contribution in [0.4, 0.5) is 5.13 Å². The van der Waals surface area contributed by atoms with Crippen LogP contribution in [0.15, 0.2) is 59.7 Å². The van der Waals surface area contributed by atoms with E-state index in [0.29, 0.717) is 0 Å². The molecule has 6 heteroatoms. The minimum Gasteiger partial charge on any atom is -0.350 e. The Morgan fingerprint density at radius 3 is 2.60 bits per heavy atom. The molecule has 0 spiro atoms. The number of hydrogen-bond acceptors (Lipinski definition) is 5. The number of carbonyl (C=O) groups excluding carboxylic acids is 1. The molecule has 0 saturated carbocycles. The van der Waals surface area contributed by atoms with Crippen LogP contribution in [0.3, 0.4) is 0 Å². The summed E-state index contributed by atoms with van der Waals surface area (Å²) in [5, 5.41) is 7.92. The second-order valence-electron chi connectivity index (χ2n) is 5.81. The number of thiazole rings is 1. The summed E-state index contributed by atoms with van der Waals surface area (Å²) in [7, 11) is 0. The Bertz CT molecular complexity index is 842. The molecule has 2 aromatic carbocycles. The van der Waals surface area contributed by atoms with Crippen LogP contribution in [-0.2, 0) is 4.79 Å². The van der Waals surface area contributed by atoms with Crippen molar-refractivity contribution in [3.63, 3.8) is 0 Å². The number of para-hydroxylation sites is 1. The minimum atomic E-state index is -0.426. The number of hydrazone groups is 1. The van der Waals surface area contributed by atoms with Gasteiger partial charge in [-0.05, 0) is 24.6 Å². The lowest BCUT2D eigenvalue weighted by atomic mass is 10.0. The maximum atomic E-state index is 12.2. The highest BCUT2D eigenvalue weighted by atomic mass is 32.1. The Labute approximate surface area is 150 Å². The van der Waals surface area contributed by atoms with Crippen LogP contribution in [0.25, 0.3) is 10.2 Å². The molecule has 0 bridgehead atoms. The number of nitrogens with one attached hydrogen (secondary N) is 2. The zero-order chi connectivity index (χ0) is 17.6. The van der Waals surface area contributed by atoms with Gasteiger partial charge in [-0.15, -0.1) is 0 Å². The maximum absolute atomic E-state index is 12.2. The monoisotopic (exact) mass is 352 g/mol. The molecule has 0 aliphatic carbocycles. The summed E-state index contributed by atoms with van der Waals surface area (Å²) >= 11 is 1.53. The highest BCUT2D eigenvalue weighted by molar-refractivity contribution is 7.22. The standard InChI is InChI=1S/C19H20N4OS/c1-13(15-8-4-3-5-9-15)12-20-23-18(24)14(2)21-19-22-16-10-6-7-11-17(16)25-19/h3-14H,1-2H3,(H,21,22)(H,23,24)/b20-12-/t13-,14-/m1/s1. The molecule has 1 heterocycles. The number of nitrogens with zero attached hydrogens (tertiary/aromatic N) is 2. The summed E-state index contributed by atoms with van der Waals surface area (Å²) < 4.78 is 1.09. The maximum Gasteiger partial charge on any atom is 0.262 e. The molecular formula is C19H20N4OS. The molecule has 0 saturated heterocycles. The minimum absolute atomic E-state index is 0.133. The summed E-state index contributed by atoms with van der Waals surface area (Å²) in [6, 6.07) is 17.5. The Hall–Kier alpha value is -2.73. The first kappa shape index (κ1) is 17.1. The number of fused-ring (bicyclic) bond motifs is 1. The van der Waals surface area contributed by atoms with Crippen LogP contribution in [-0.4, -0.2) is 23.1 Å². The van der Waals surface area contributed by atoms with Crippen molar-refractivity contribution in [3.05, 3.63) is 60.2 Å². The molecule has 0 aliphatic heterocycles. The second-order valence-corrected chi connectivity index (χ2v) is 6.84. The summed E-state index contributed by atoms with van der Waals surface area (Å²) in [5.74, 6) is -0.0650.